The first-order chi connectivity index (χ1) is 10.5. The quantitative estimate of drug-likeness (QED) is 0.785. The average Bonchev–Trinajstić information content (AvgIpc) is 2.95. The molecule has 100 valence electrons. The van der Waals surface area contributed by atoms with Gasteiger partial charge in [0.25, 0.3) is 0 Å². The number of imidazole rings is 1. The molecule has 5 nitrogen and oxygen atoms in total. The SMILES string of the molecule is [2H]c1nc(-n2c([2H])nc([2H])c2[2H])sc1B1OC(C)(C)C(C)(C)O1. The lowest BCUT2D eigenvalue weighted by atomic mass is 9.89. The first kappa shape index (κ1) is 8.89. The summed E-state index contributed by atoms with van der Waals surface area (Å²) in [6, 6.07) is 0. The number of thiazole rings is 1. The van der Waals surface area contributed by atoms with Crippen LogP contribution in [0.2, 0.25) is 0 Å². The average molecular weight is 281 g/mol. The molecule has 3 heterocycles. The van der Waals surface area contributed by atoms with E-state index in [1.165, 1.54) is 0 Å². The van der Waals surface area contributed by atoms with Crippen molar-refractivity contribution in [3.8, 4) is 5.13 Å². The number of hydrogen-bond acceptors (Lipinski definition) is 5. The Morgan fingerprint density at radius 2 is 2.00 bits per heavy atom. The fraction of sp³-hybridized carbons (Fsp3) is 0.500. The van der Waals surface area contributed by atoms with E-state index in [-0.39, 0.29) is 30.0 Å². The minimum absolute atomic E-state index is 0.0254. The third kappa shape index (κ3) is 2.11. The van der Waals surface area contributed by atoms with E-state index < -0.39 is 18.3 Å². The fourth-order valence-electron chi connectivity index (χ4n) is 1.66. The van der Waals surface area contributed by atoms with Crippen molar-refractivity contribution >= 4 is 23.2 Å². The van der Waals surface area contributed by atoms with E-state index in [4.69, 9.17) is 14.8 Å². The Labute approximate surface area is 122 Å². The maximum absolute atomic E-state index is 8.05. The highest BCUT2D eigenvalue weighted by Gasteiger charge is 2.52. The second-order valence-electron chi connectivity index (χ2n) is 5.33. The van der Waals surface area contributed by atoms with Crippen LogP contribution >= 0.6 is 11.3 Å². The van der Waals surface area contributed by atoms with Gasteiger partial charge in [0, 0.05) is 18.5 Å². The molecular formula is C12H16BN3O2S. The van der Waals surface area contributed by atoms with Crippen LogP contribution in [0.3, 0.4) is 0 Å². The summed E-state index contributed by atoms with van der Waals surface area (Å²) in [4.78, 5) is 7.70. The van der Waals surface area contributed by atoms with Gasteiger partial charge < -0.3 is 9.31 Å². The van der Waals surface area contributed by atoms with E-state index in [9.17, 15) is 0 Å². The summed E-state index contributed by atoms with van der Waals surface area (Å²) < 4.78 is 44.5. The van der Waals surface area contributed by atoms with Gasteiger partial charge in [-0.25, -0.2) is 9.97 Å². The van der Waals surface area contributed by atoms with Gasteiger partial charge in [-0.15, -0.1) is 11.3 Å². The third-order valence-electron chi connectivity index (χ3n) is 3.49. The molecule has 0 bridgehead atoms. The standard InChI is InChI=1S/C12H16BN3O2S/c1-11(2)12(3,4)18-13(17-11)9-7-15-10(19-9)16-6-5-14-8-16/h5-8H,1-4H3/i5D,6D,7D,8D. The summed E-state index contributed by atoms with van der Waals surface area (Å²) in [5.74, 6) is 0. The van der Waals surface area contributed by atoms with Crippen molar-refractivity contribution in [2.24, 2.45) is 0 Å². The van der Waals surface area contributed by atoms with Crippen molar-refractivity contribution in [1.29, 1.82) is 0 Å². The Kier molecular flexibility index (Phi) is 1.95. The zero-order valence-corrected chi connectivity index (χ0v) is 12.0. The minimum Gasteiger partial charge on any atom is -0.399 e. The summed E-state index contributed by atoms with van der Waals surface area (Å²) >= 11 is 1.10. The maximum atomic E-state index is 8.05. The molecule has 0 saturated carbocycles. The molecule has 3 rings (SSSR count). The predicted molar refractivity (Wildman–Crippen MR) is 75.0 cm³/mol. The monoisotopic (exact) mass is 281 g/mol. The van der Waals surface area contributed by atoms with Crippen molar-refractivity contribution in [2.75, 3.05) is 0 Å². The van der Waals surface area contributed by atoms with Crippen molar-refractivity contribution in [1.82, 2.24) is 14.5 Å². The number of aromatic nitrogens is 3. The van der Waals surface area contributed by atoms with Crippen LogP contribution in [0, 0.1) is 0 Å². The second kappa shape index (κ2) is 4.16. The minimum atomic E-state index is -0.721. The smallest absolute Gasteiger partial charge is 0.399 e. The van der Waals surface area contributed by atoms with Gasteiger partial charge in [-0.2, -0.15) is 0 Å². The van der Waals surface area contributed by atoms with Gasteiger partial charge in [0.1, 0.15) is 7.67 Å². The van der Waals surface area contributed by atoms with Crippen LogP contribution < -0.4 is 4.78 Å². The summed E-state index contributed by atoms with van der Waals surface area (Å²) in [5.41, 5.74) is -1.06. The lowest BCUT2D eigenvalue weighted by Crippen LogP contribution is -2.41. The Bertz CT molecular complexity index is 761. The molecule has 0 spiro atoms. The largest absolute Gasteiger partial charge is 0.507 e. The van der Waals surface area contributed by atoms with Crippen molar-refractivity contribution in [2.45, 2.75) is 38.9 Å². The molecule has 0 aromatic carbocycles. The van der Waals surface area contributed by atoms with Crippen LogP contribution in [0.4, 0.5) is 0 Å². The summed E-state index contributed by atoms with van der Waals surface area (Å²) in [6.07, 6.45) is -0.810. The van der Waals surface area contributed by atoms with Crippen molar-refractivity contribution < 1.29 is 14.8 Å². The van der Waals surface area contributed by atoms with Gasteiger partial charge in [0.05, 0.1) is 20.1 Å². The van der Waals surface area contributed by atoms with Gasteiger partial charge in [0.2, 0.25) is 0 Å². The molecule has 0 N–H and O–H groups in total. The molecule has 7 heteroatoms. The van der Waals surface area contributed by atoms with Crippen LogP contribution in [0.25, 0.3) is 5.13 Å². The Hall–Kier alpha value is -1.18. The molecule has 0 atom stereocenters. The van der Waals surface area contributed by atoms with Crippen LogP contribution in [0.15, 0.2) is 24.8 Å². The molecule has 0 amide bonds. The first-order valence-electron chi connectivity index (χ1n) is 7.89. The van der Waals surface area contributed by atoms with Gasteiger partial charge in [-0.05, 0) is 27.7 Å². The second-order valence-corrected chi connectivity index (χ2v) is 6.34. The lowest BCUT2D eigenvalue weighted by molar-refractivity contribution is 0.00578. The Balaban J connectivity index is 2.00. The van der Waals surface area contributed by atoms with Crippen LogP contribution in [0.5, 0.6) is 0 Å². The maximum Gasteiger partial charge on any atom is 0.507 e. The molecule has 0 aliphatic carbocycles. The van der Waals surface area contributed by atoms with Crippen molar-refractivity contribution in [3.63, 3.8) is 0 Å². The summed E-state index contributed by atoms with van der Waals surface area (Å²) in [6.45, 7) is 7.68. The van der Waals surface area contributed by atoms with Crippen LogP contribution in [-0.2, 0) is 9.31 Å². The summed E-state index contributed by atoms with van der Waals surface area (Å²) in [7, 11) is -0.721. The molecule has 1 saturated heterocycles. The zero-order valence-electron chi connectivity index (χ0n) is 15.1. The normalized spacial score (nSPS) is 23.9. The molecule has 0 radical (unpaired) electrons. The fourth-order valence-corrected chi connectivity index (χ4v) is 2.41. The molecule has 1 fully saturated rings. The molecule has 1 aliphatic heterocycles. The zero-order chi connectivity index (χ0) is 17.2. The molecule has 1 aliphatic rings. The van der Waals surface area contributed by atoms with E-state index in [2.05, 4.69) is 9.97 Å². The van der Waals surface area contributed by atoms with E-state index in [0.29, 0.717) is 4.78 Å². The molecule has 2 aromatic heterocycles. The number of hydrogen-bond donors (Lipinski definition) is 0. The predicted octanol–water partition coefficient (Wildman–Crippen LogP) is 1.63. The molecule has 0 unspecified atom stereocenters. The molecule has 2 aromatic rings. The lowest BCUT2D eigenvalue weighted by Gasteiger charge is -2.32. The highest BCUT2D eigenvalue weighted by atomic mass is 32.1. The highest BCUT2D eigenvalue weighted by molar-refractivity contribution is 7.24. The molecular weight excluding hydrogens is 261 g/mol. The van der Waals surface area contributed by atoms with E-state index in [0.717, 1.165) is 15.9 Å². The van der Waals surface area contributed by atoms with E-state index in [1.807, 2.05) is 27.7 Å². The number of rotatable bonds is 2. The van der Waals surface area contributed by atoms with Crippen molar-refractivity contribution in [3.05, 3.63) is 24.8 Å². The van der Waals surface area contributed by atoms with Gasteiger partial charge in [-0.3, -0.25) is 4.57 Å². The third-order valence-corrected chi connectivity index (χ3v) is 4.45. The van der Waals surface area contributed by atoms with Crippen LogP contribution in [0.1, 0.15) is 33.2 Å². The van der Waals surface area contributed by atoms with E-state index >= 15 is 0 Å². The van der Waals surface area contributed by atoms with E-state index in [1.54, 1.807) is 0 Å². The van der Waals surface area contributed by atoms with Gasteiger partial charge in [-0.1, -0.05) is 0 Å². The van der Waals surface area contributed by atoms with Crippen LogP contribution in [-0.4, -0.2) is 32.9 Å². The summed E-state index contributed by atoms with van der Waals surface area (Å²) in [5, 5.41) is 0.237. The Morgan fingerprint density at radius 1 is 1.32 bits per heavy atom. The molecule has 19 heavy (non-hydrogen) atoms. The van der Waals surface area contributed by atoms with Gasteiger partial charge in [0.15, 0.2) is 5.13 Å². The highest BCUT2D eigenvalue weighted by Crippen LogP contribution is 2.36. The number of nitrogens with zero attached hydrogens (tertiary/aromatic N) is 3. The Morgan fingerprint density at radius 3 is 2.58 bits per heavy atom. The van der Waals surface area contributed by atoms with Gasteiger partial charge >= 0.3 is 7.12 Å². The topological polar surface area (TPSA) is 49.2 Å². The first-order valence-corrected chi connectivity index (χ1v) is 6.71.